The Morgan fingerprint density at radius 1 is 0.765 bits per heavy atom. The van der Waals surface area contributed by atoms with E-state index in [2.05, 4.69) is 6.92 Å². The van der Waals surface area contributed by atoms with E-state index in [1.807, 2.05) is 31.2 Å². The molecule has 3 atom stereocenters. The largest absolute Gasteiger partial charge is 0.494 e. The van der Waals surface area contributed by atoms with Crippen LogP contribution in [0.15, 0.2) is 84.9 Å². The first-order valence-corrected chi connectivity index (χ1v) is 24.8. The highest BCUT2D eigenvalue weighted by Gasteiger charge is 2.43. The maximum absolute atomic E-state index is 15.7. The van der Waals surface area contributed by atoms with Gasteiger partial charge in [-0.25, -0.2) is 13.6 Å². The van der Waals surface area contributed by atoms with Crippen LogP contribution in [0.4, 0.5) is 8.78 Å². The summed E-state index contributed by atoms with van der Waals surface area (Å²) < 4.78 is 72.2. The van der Waals surface area contributed by atoms with Crippen LogP contribution in [0, 0.1) is 35.3 Å². The smallest absolute Gasteiger partial charge is 0.343 e. The van der Waals surface area contributed by atoms with Crippen molar-refractivity contribution in [2.75, 3.05) is 52.9 Å². The number of aryl methyl sites for hydroxylation is 3. The number of unbranched alkanes of at least 4 members (excludes halogenated alkanes) is 5. The van der Waals surface area contributed by atoms with Crippen LogP contribution in [-0.2, 0) is 31.8 Å². The molecule has 2 heterocycles. The van der Waals surface area contributed by atoms with Crippen LogP contribution < -0.4 is 14.2 Å². The summed E-state index contributed by atoms with van der Waals surface area (Å²) in [5, 5.41) is 9.70. The lowest BCUT2D eigenvalue weighted by molar-refractivity contribution is -0.150. The summed E-state index contributed by atoms with van der Waals surface area (Å²) in [7, 11) is 0. The van der Waals surface area contributed by atoms with Crippen molar-refractivity contribution in [3.05, 3.63) is 124 Å². The van der Waals surface area contributed by atoms with Gasteiger partial charge in [-0.1, -0.05) is 61.9 Å². The molecular weight excluding hydrogens is 865 g/mol. The van der Waals surface area contributed by atoms with Gasteiger partial charge in [0.05, 0.1) is 50.8 Å². The van der Waals surface area contributed by atoms with Crippen LogP contribution in [0.3, 0.4) is 0 Å². The molecule has 11 heteroatoms. The third-order valence-electron chi connectivity index (χ3n) is 13.9. The molecule has 1 N–H and O–H groups in total. The third kappa shape index (κ3) is 12.7. The van der Waals surface area contributed by atoms with Gasteiger partial charge < -0.3 is 38.6 Å². The zero-order valence-electron chi connectivity index (χ0n) is 39.8. The lowest BCUT2D eigenvalue weighted by Gasteiger charge is -2.40. The van der Waals surface area contributed by atoms with E-state index in [1.54, 1.807) is 60.7 Å². The first-order chi connectivity index (χ1) is 33.2. The number of epoxide rings is 1. The van der Waals surface area contributed by atoms with Crippen LogP contribution >= 0.6 is 0 Å². The van der Waals surface area contributed by atoms with E-state index in [-0.39, 0.29) is 28.7 Å². The molecule has 2 aliphatic heterocycles. The molecule has 2 saturated heterocycles. The molecule has 0 radical (unpaired) electrons. The molecule has 0 bridgehead atoms. The van der Waals surface area contributed by atoms with E-state index in [0.29, 0.717) is 71.3 Å². The van der Waals surface area contributed by atoms with E-state index >= 15 is 8.78 Å². The van der Waals surface area contributed by atoms with Crippen molar-refractivity contribution in [1.29, 1.82) is 5.41 Å². The predicted octanol–water partition coefficient (Wildman–Crippen LogP) is 12.6. The molecule has 3 unspecified atom stereocenters. The fourth-order valence-electron chi connectivity index (χ4n) is 9.44. The van der Waals surface area contributed by atoms with Gasteiger partial charge >= 0.3 is 5.97 Å². The van der Waals surface area contributed by atoms with E-state index < -0.39 is 17.6 Å². The standard InChI is InChI=1S/C57H67F2NO8/c1-3-57(37-64-38-57)36-63-28-9-4-5-11-30-66-50-26-21-44(31-39(50)2)56(61)68-55-45(34-60)33-43(47-13-7-8-14-49(47)55)17-16-42-20-24-48(54(59)53(42)58)41-18-22-46(23-19-41)65-29-12-6-10-27-62-35-40-15-25-51-52(32-40)67-51/h7-8,13-14,18-24,26,31,33-34,40,51-52,60H,3-6,9-12,15-17,25,27-30,32,35-38H2,1-2H3. The maximum atomic E-state index is 15.7. The van der Waals surface area contributed by atoms with Gasteiger partial charge in [0.25, 0.3) is 0 Å². The molecule has 9 nitrogen and oxygen atoms in total. The van der Waals surface area contributed by atoms with Gasteiger partial charge in [-0.05, 0) is 154 Å². The average Bonchev–Trinajstić information content (AvgIpc) is 4.13. The fraction of sp³-hybridized carbons (Fsp3) is 0.474. The van der Waals surface area contributed by atoms with Gasteiger partial charge in [0.2, 0.25) is 0 Å². The number of fused-ring (bicyclic) bond motifs is 2. The van der Waals surface area contributed by atoms with Crippen LogP contribution in [0.25, 0.3) is 21.9 Å². The molecule has 3 fully saturated rings. The van der Waals surface area contributed by atoms with Gasteiger partial charge in [0.15, 0.2) is 11.6 Å². The fourth-order valence-corrected chi connectivity index (χ4v) is 9.44. The van der Waals surface area contributed by atoms with Crippen LogP contribution in [-0.4, -0.2) is 77.2 Å². The Balaban J connectivity index is 0.792. The molecule has 362 valence electrons. The molecule has 1 aliphatic carbocycles. The Hall–Kier alpha value is -5.20. The molecule has 1 saturated carbocycles. The van der Waals surface area contributed by atoms with Crippen LogP contribution in [0.1, 0.15) is 110 Å². The van der Waals surface area contributed by atoms with Gasteiger partial charge in [-0.2, -0.15) is 0 Å². The summed E-state index contributed by atoms with van der Waals surface area (Å²) in [6.07, 6.45) is 14.3. The number of hydrogen-bond donors (Lipinski definition) is 1. The molecular formula is C57H67F2NO8. The molecule has 0 aromatic heterocycles. The minimum atomic E-state index is -0.901. The van der Waals surface area contributed by atoms with Gasteiger partial charge in [-0.3, -0.25) is 0 Å². The van der Waals surface area contributed by atoms with Crippen molar-refractivity contribution in [3.63, 3.8) is 0 Å². The Morgan fingerprint density at radius 3 is 2.21 bits per heavy atom. The number of halogens is 2. The van der Waals surface area contributed by atoms with E-state index in [4.69, 9.17) is 38.6 Å². The Bertz CT molecular complexity index is 2470. The lowest BCUT2D eigenvalue weighted by Crippen LogP contribution is -2.45. The molecule has 5 aromatic rings. The number of benzene rings is 5. The number of ether oxygens (including phenoxy) is 7. The highest BCUT2D eigenvalue weighted by Crippen LogP contribution is 2.40. The van der Waals surface area contributed by atoms with Crippen LogP contribution in [0.2, 0.25) is 0 Å². The number of hydrogen-bond acceptors (Lipinski definition) is 9. The monoisotopic (exact) mass is 931 g/mol. The average molecular weight is 932 g/mol. The van der Waals surface area contributed by atoms with Crippen molar-refractivity contribution in [2.24, 2.45) is 11.3 Å². The van der Waals surface area contributed by atoms with Crippen molar-refractivity contribution < 1.29 is 46.7 Å². The second kappa shape index (κ2) is 23.9. The SMILES string of the molecule is CCC1(COCCCCCCOc2ccc(C(=O)Oc3c(C=N)cc(CCc4ccc(-c5ccc(OCCCCCOCC6CCC7OC7C6)cc5)c(F)c4F)c4ccccc34)cc2C)COC1. The number of rotatable bonds is 27. The normalized spacial score (nSPS) is 18.1. The molecule has 0 amide bonds. The number of esters is 1. The highest BCUT2D eigenvalue weighted by molar-refractivity contribution is 6.02. The Morgan fingerprint density at radius 2 is 1.49 bits per heavy atom. The third-order valence-corrected chi connectivity index (χ3v) is 13.9. The quantitative estimate of drug-likeness (QED) is 0.0182. The summed E-state index contributed by atoms with van der Waals surface area (Å²) in [4.78, 5) is 13.6. The first-order valence-electron chi connectivity index (χ1n) is 24.8. The first kappa shape index (κ1) is 49.2. The zero-order valence-corrected chi connectivity index (χ0v) is 39.8. The lowest BCUT2D eigenvalue weighted by atomic mass is 9.84. The zero-order chi connectivity index (χ0) is 47.3. The summed E-state index contributed by atoms with van der Waals surface area (Å²) in [5.74, 6) is -0.0431. The van der Waals surface area contributed by atoms with E-state index in [0.717, 1.165) is 120 Å². The maximum Gasteiger partial charge on any atom is 0.343 e. The van der Waals surface area contributed by atoms with Crippen molar-refractivity contribution in [1.82, 2.24) is 0 Å². The number of nitrogens with one attached hydrogen (secondary N) is 1. The second-order valence-electron chi connectivity index (χ2n) is 19.0. The predicted molar refractivity (Wildman–Crippen MR) is 262 cm³/mol. The molecule has 5 aromatic carbocycles. The summed E-state index contributed by atoms with van der Waals surface area (Å²) in [6, 6.07) is 24.8. The summed E-state index contributed by atoms with van der Waals surface area (Å²) in [5.41, 5.74) is 3.62. The van der Waals surface area contributed by atoms with E-state index in [1.165, 1.54) is 12.8 Å². The highest BCUT2D eigenvalue weighted by atomic mass is 19.2. The van der Waals surface area contributed by atoms with Gasteiger partial charge in [-0.15, -0.1) is 0 Å². The van der Waals surface area contributed by atoms with Crippen LogP contribution in [0.5, 0.6) is 17.2 Å². The van der Waals surface area contributed by atoms with Gasteiger partial charge in [0, 0.05) is 48.0 Å². The Kier molecular flexibility index (Phi) is 17.3. The second-order valence-corrected chi connectivity index (χ2v) is 19.0. The Labute approximate surface area is 400 Å². The minimum Gasteiger partial charge on any atom is -0.494 e. The molecule has 8 rings (SSSR count). The van der Waals surface area contributed by atoms with Crippen molar-refractivity contribution in [3.8, 4) is 28.4 Å². The molecule has 3 aliphatic rings. The molecule has 0 spiro atoms. The summed E-state index contributed by atoms with van der Waals surface area (Å²) in [6.45, 7) is 9.99. The van der Waals surface area contributed by atoms with Crippen molar-refractivity contribution >= 4 is 23.0 Å². The molecule has 68 heavy (non-hydrogen) atoms. The van der Waals surface area contributed by atoms with E-state index in [9.17, 15) is 4.79 Å². The topological polar surface area (TPSA) is 109 Å². The minimum absolute atomic E-state index is 0.180. The number of carbonyl (C=O) groups is 1. The summed E-state index contributed by atoms with van der Waals surface area (Å²) >= 11 is 0. The number of carbonyl (C=O) groups excluding carboxylic acids is 1. The van der Waals surface area contributed by atoms with Crippen molar-refractivity contribution in [2.45, 2.75) is 110 Å². The van der Waals surface area contributed by atoms with Gasteiger partial charge in [0.1, 0.15) is 17.2 Å².